The lowest BCUT2D eigenvalue weighted by Gasteiger charge is -2.07. The third-order valence-corrected chi connectivity index (χ3v) is 4.51. The van der Waals surface area contributed by atoms with Gasteiger partial charge < -0.3 is 8.92 Å². The number of halogens is 5. The maximum Gasteiger partial charge on any atom is 0.119 e. The zero-order valence-corrected chi connectivity index (χ0v) is 17.4. The van der Waals surface area contributed by atoms with Crippen LogP contribution in [0.4, 0.5) is 23.5 Å². The van der Waals surface area contributed by atoms with Gasteiger partial charge in [0.05, 0.1) is 13.2 Å². The minimum Gasteiger partial charge on any atom is -0.494 e. The van der Waals surface area contributed by atoms with Crippen molar-refractivity contribution in [2.45, 2.75) is 57.0 Å². The molecular formula is C21H33F5O2S. The molecule has 0 fully saturated rings. The second-order valence-electron chi connectivity index (χ2n) is 5.92. The molecule has 0 aliphatic carbocycles. The molecule has 0 radical (unpaired) electrons. The van der Waals surface area contributed by atoms with Crippen molar-refractivity contribution < 1.29 is 32.4 Å². The third-order valence-electron chi connectivity index (χ3n) is 3.81. The van der Waals surface area contributed by atoms with E-state index in [9.17, 15) is 0 Å². The highest BCUT2D eigenvalue weighted by atomic mass is 32.2. The topological polar surface area (TPSA) is 18.5 Å². The van der Waals surface area contributed by atoms with Gasteiger partial charge in [-0.1, -0.05) is 69.4 Å². The van der Waals surface area contributed by atoms with Gasteiger partial charge in [0.25, 0.3) is 0 Å². The molecule has 0 spiro atoms. The first-order valence-corrected chi connectivity index (χ1v) is 9.69. The van der Waals surface area contributed by atoms with Crippen LogP contribution in [0.1, 0.15) is 51.0 Å². The Morgan fingerprint density at radius 1 is 0.690 bits per heavy atom. The molecule has 2 aromatic carbocycles. The minimum atomic E-state index is 0. The maximum absolute atomic E-state index is 5.80. The van der Waals surface area contributed by atoms with Crippen LogP contribution in [0.25, 0.3) is 0 Å². The molecule has 0 heterocycles. The van der Waals surface area contributed by atoms with Crippen LogP contribution in [-0.2, 0) is 10.8 Å². The lowest BCUT2D eigenvalue weighted by Crippen LogP contribution is -1.97. The van der Waals surface area contributed by atoms with E-state index in [0.29, 0.717) is 6.61 Å². The van der Waals surface area contributed by atoms with Gasteiger partial charge in [0.1, 0.15) is 5.75 Å². The van der Waals surface area contributed by atoms with Gasteiger partial charge in [0, 0.05) is 16.9 Å². The quantitative estimate of drug-likeness (QED) is 0.193. The highest BCUT2D eigenvalue weighted by molar-refractivity contribution is 7.94. The van der Waals surface area contributed by atoms with Crippen LogP contribution in [0.3, 0.4) is 0 Å². The molecule has 0 unspecified atom stereocenters. The molecule has 0 bridgehead atoms. The summed E-state index contributed by atoms with van der Waals surface area (Å²) < 4.78 is 11.5. The summed E-state index contributed by atoms with van der Waals surface area (Å²) in [7, 11) is 0. The van der Waals surface area contributed by atoms with E-state index in [1.165, 1.54) is 44.1 Å². The average Bonchev–Trinajstić information content (AvgIpc) is 2.63. The zero-order chi connectivity index (χ0) is 16.9. The van der Waals surface area contributed by atoms with Gasteiger partial charge in [-0.05, 0) is 36.2 Å². The van der Waals surface area contributed by atoms with Crippen LogP contribution in [0, 0.1) is 0 Å². The van der Waals surface area contributed by atoms with Gasteiger partial charge in [-0.15, -0.1) is 0 Å². The largest absolute Gasteiger partial charge is 0.494 e. The van der Waals surface area contributed by atoms with E-state index in [-0.39, 0.29) is 23.5 Å². The van der Waals surface area contributed by atoms with Gasteiger partial charge >= 0.3 is 0 Å². The Hall–Kier alpha value is -1.80. The first-order valence-electron chi connectivity index (χ1n) is 8.94. The lowest BCUT2D eigenvalue weighted by atomic mass is 10.1. The van der Waals surface area contributed by atoms with Crippen LogP contribution in [0.15, 0.2) is 59.5 Å². The molecule has 0 aliphatic rings. The Balaban J connectivity index is -0.000000625. The molecular weight excluding hydrogens is 411 g/mol. The van der Waals surface area contributed by atoms with Crippen LogP contribution < -0.4 is 4.74 Å². The van der Waals surface area contributed by atoms with Crippen molar-refractivity contribution in [3.8, 4) is 5.75 Å². The highest BCUT2D eigenvalue weighted by Gasteiger charge is 1.98. The average molecular weight is 445 g/mol. The van der Waals surface area contributed by atoms with E-state index in [2.05, 4.69) is 19.1 Å². The van der Waals surface area contributed by atoms with Gasteiger partial charge in [0.2, 0.25) is 0 Å². The van der Waals surface area contributed by atoms with E-state index in [1.807, 2.05) is 42.5 Å². The van der Waals surface area contributed by atoms with E-state index in [0.717, 1.165) is 29.2 Å². The summed E-state index contributed by atoms with van der Waals surface area (Å²) in [6.07, 6.45) is 7.74. The van der Waals surface area contributed by atoms with Gasteiger partial charge in [0.15, 0.2) is 0 Å². The fourth-order valence-electron chi connectivity index (χ4n) is 2.40. The number of unbranched alkanes of at least 4 members (excludes halogenated alkanes) is 5. The molecule has 8 heteroatoms. The van der Waals surface area contributed by atoms with E-state index < -0.39 is 0 Å². The Kier molecular flexibility index (Phi) is 26.9. The van der Waals surface area contributed by atoms with Crippen molar-refractivity contribution in [1.82, 2.24) is 0 Å². The Morgan fingerprint density at radius 3 is 1.90 bits per heavy atom. The van der Waals surface area contributed by atoms with Gasteiger partial charge in [-0.2, -0.15) is 0 Å². The summed E-state index contributed by atoms with van der Waals surface area (Å²) in [6.45, 7) is 3.65. The first kappa shape index (κ1) is 34.7. The van der Waals surface area contributed by atoms with E-state index >= 15 is 0 Å². The fourth-order valence-corrected chi connectivity index (χ4v) is 3.00. The summed E-state index contributed by atoms with van der Waals surface area (Å²) in [4.78, 5) is 1.12. The van der Waals surface area contributed by atoms with E-state index in [4.69, 9.17) is 8.92 Å². The number of hydrogen-bond donors (Lipinski definition) is 0. The Morgan fingerprint density at radius 2 is 1.28 bits per heavy atom. The summed E-state index contributed by atoms with van der Waals surface area (Å²) in [5.41, 5.74) is 1.16. The van der Waals surface area contributed by atoms with Gasteiger partial charge in [-0.3, -0.25) is 23.5 Å². The fraction of sp³-hybridized carbons (Fsp3) is 0.429. The van der Waals surface area contributed by atoms with Crippen molar-refractivity contribution >= 4 is 12.0 Å². The summed E-state index contributed by atoms with van der Waals surface area (Å²) in [6, 6.07) is 18.3. The SMILES string of the molecule is CCCCCCCCOc1ccc(COSc2ccccc2)cc1.F.F.F.F.F. The molecule has 0 atom stereocenters. The third kappa shape index (κ3) is 15.8. The van der Waals surface area contributed by atoms with E-state index in [1.54, 1.807) is 0 Å². The number of rotatable bonds is 12. The number of benzene rings is 2. The molecule has 0 saturated carbocycles. The summed E-state index contributed by atoms with van der Waals surface area (Å²) in [5.74, 6) is 0.947. The summed E-state index contributed by atoms with van der Waals surface area (Å²) >= 11 is 1.41. The molecule has 2 rings (SSSR count). The molecule has 170 valence electrons. The minimum absolute atomic E-state index is 0. The second-order valence-corrected chi connectivity index (χ2v) is 6.79. The second kappa shape index (κ2) is 22.5. The van der Waals surface area contributed by atoms with Crippen molar-refractivity contribution in [3.63, 3.8) is 0 Å². The predicted octanol–water partition coefficient (Wildman–Crippen LogP) is 7.41. The molecule has 0 saturated heterocycles. The maximum atomic E-state index is 5.80. The van der Waals surface area contributed by atoms with Gasteiger partial charge in [-0.25, -0.2) is 0 Å². The number of hydrogen-bond acceptors (Lipinski definition) is 3. The summed E-state index contributed by atoms with van der Waals surface area (Å²) in [5, 5.41) is 0. The Bertz CT molecular complexity index is 559. The smallest absolute Gasteiger partial charge is 0.119 e. The first-order chi connectivity index (χ1) is 11.9. The molecule has 0 aliphatic heterocycles. The predicted molar refractivity (Wildman–Crippen MR) is 115 cm³/mol. The van der Waals surface area contributed by atoms with Crippen LogP contribution in [0.2, 0.25) is 0 Å². The molecule has 0 aromatic heterocycles. The van der Waals surface area contributed by atoms with Crippen molar-refractivity contribution in [2.24, 2.45) is 0 Å². The molecule has 0 N–H and O–H groups in total. The lowest BCUT2D eigenvalue weighted by molar-refractivity contribution is 0.304. The van der Waals surface area contributed by atoms with Crippen molar-refractivity contribution in [1.29, 1.82) is 0 Å². The molecule has 0 amide bonds. The van der Waals surface area contributed by atoms with Crippen LogP contribution in [0.5, 0.6) is 5.75 Å². The van der Waals surface area contributed by atoms with Crippen molar-refractivity contribution in [3.05, 3.63) is 60.2 Å². The van der Waals surface area contributed by atoms with Crippen LogP contribution >= 0.6 is 12.0 Å². The molecule has 29 heavy (non-hydrogen) atoms. The molecule has 2 aromatic rings. The zero-order valence-electron chi connectivity index (χ0n) is 16.6. The Labute approximate surface area is 174 Å². The van der Waals surface area contributed by atoms with Crippen LogP contribution in [-0.4, -0.2) is 6.61 Å². The van der Waals surface area contributed by atoms with Crippen molar-refractivity contribution in [2.75, 3.05) is 6.61 Å². The number of ether oxygens (including phenoxy) is 1. The highest BCUT2D eigenvalue weighted by Crippen LogP contribution is 2.21. The normalized spacial score (nSPS) is 8.86. The molecule has 2 nitrogen and oxygen atoms in total. The standard InChI is InChI=1S/C21H28O2S.5FH/c1-2-3-4-5-6-10-17-22-20-15-13-19(14-16-20)18-23-24-21-11-8-7-9-12-21;;;;;/h7-9,11-16H,2-6,10,17-18H2,1H3;5*1H. The monoisotopic (exact) mass is 444 g/mol.